The zero-order chi connectivity index (χ0) is 15.0. The number of benzene rings is 2. The van der Waals surface area contributed by atoms with Crippen molar-refractivity contribution in [1.82, 2.24) is 4.98 Å². The maximum Gasteiger partial charge on any atom is 0.257 e. The number of nitrogens with zero attached hydrogens (tertiary/aromatic N) is 1. The van der Waals surface area contributed by atoms with Crippen LogP contribution in [0.3, 0.4) is 0 Å². The Labute approximate surface area is 134 Å². The van der Waals surface area contributed by atoms with Gasteiger partial charge in [-0.05, 0) is 36.4 Å². The molecule has 0 unspecified atom stereocenters. The summed E-state index contributed by atoms with van der Waals surface area (Å²) >= 11 is 9.38. The molecule has 0 aliphatic carbocycles. The number of amides is 1. The Hall–Kier alpha value is -1.85. The number of hydrogen-bond acceptors (Lipinski definition) is 3. The number of nitrogens with one attached hydrogen (secondary N) is 1. The molecule has 106 valence electrons. The minimum atomic E-state index is -0.271. The van der Waals surface area contributed by atoms with E-state index in [1.807, 2.05) is 0 Å². The van der Waals surface area contributed by atoms with E-state index in [1.54, 1.807) is 43.3 Å². The second-order valence-corrected chi connectivity index (χ2v) is 5.82. The third-order valence-electron chi connectivity index (χ3n) is 2.93. The third-order valence-corrected chi connectivity index (χ3v) is 3.73. The highest BCUT2D eigenvalue weighted by atomic mass is 79.9. The Morgan fingerprint density at radius 3 is 2.86 bits per heavy atom. The van der Waals surface area contributed by atoms with Crippen LogP contribution in [0.4, 0.5) is 5.69 Å². The van der Waals surface area contributed by atoms with Gasteiger partial charge in [0.15, 0.2) is 11.5 Å². The first-order chi connectivity index (χ1) is 10.0. The maximum atomic E-state index is 12.2. The molecule has 4 nitrogen and oxygen atoms in total. The van der Waals surface area contributed by atoms with E-state index < -0.39 is 0 Å². The molecule has 0 fully saturated rings. The SMILES string of the molecule is Cc1nc2cc(NC(=O)c3ccc(Br)cc3Cl)ccc2o1. The summed E-state index contributed by atoms with van der Waals surface area (Å²) in [6.45, 7) is 1.78. The Balaban J connectivity index is 1.88. The molecule has 0 aliphatic heterocycles. The predicted octanol–water partition coefficient (Wildman–Crippen LogP) is 4.80. The van der Waals surface area contributed by atoms with Crippen LogP contribution in [0.2, 0.25) is 5.02 Å². The standard InChI is InChI=1S/C15H10BrClN2O2/c1-8-18-13-7-10(3-5-14(13)21-8)19-15(20)11-4-2-9(16)6-12(11)17/h2-7H,1H3,(H,19,20). The van der Waals surface area contributed by atoms with Crippen molar-refractivity contribution in [3.05, 3.63) is 57.3 Å². The normalized spacial score (nSPS) is 10.8. The van der Waals surface area contributed by atoms with Crippen LogP contribution in [0.5, 0.6) is 0 Å². The molecule has 1 N–H and O–H groups in total. The summed E-state index contributed by atoms with van der Waals surface area (Å²) < 4.78 is 6.22. The summed E-state index contributed by atoms with van der Waals surface area (Å²) in [5.74, 6) is 0.316. The number of carbonyl (C=O) groups excluding carboxylic acids is 1. The first-order valence-corrected chi connectivity index (χ1v) is 7.33. The number of rotatable bonds is 2. The van der Waals surface area contributed by atoms with Gasteiger partial charge in [0.2, 0.25) is 0 Å². The van der Waals surface area contributed by atoms with Crippen molar-refractivity contribution < 1.29 is 9.21 Å². The quantitative estimate of drug-likeness (QED) is 0.709. The predicted molar refractivity (Wildman–Crippen MR) is 85.9 cm³/mol. The van der Waals surface area contributed by atoms with Gasteiger partial charge in [-0.15, -0.1) is 0 Å². The molecule has 6 heteroatoms. The zero-order valence-corrected chi connectivity index (χ0v) is 13.3. The molecule has 0 radical (unpaired) electrons. The molecular weight excluding hydrogens is 356 g/mol. The van der Waals surface area contributed by atoms with Gasteiger partial charge in [0.1, 0.15) is 5.52 Å². The second-order valence-electron chi connectivity index (χ2n) is 4.49. The number of aryl methyl sites for hydroxylation is 1. The fourth-order valence-electron chi connectivity index (χ4n) is 1.99. The molecule has 21 heavy (non-hydrogen) atoms. The Kier molecular flexibility index (Phi) is 3.69. The lowest BCUT2D eigenvalue weighted by Gasteiger charge is -2.07. The molecule has 0 saturated carbocycles. The fourth-order valence-corrected chi connectivity index (χ4v) is 2.75. The summed E-state index contributed by atoms with van der Waals surface area (Å²) in [7, 11) is 0. The Morgan fingerprint density at radius 2 is 2.10 bits per heavy atom. The molecule has 1 amide bonds. The number of hydrogen-bond donors (Lipinski definition) is 1. The van der Waals surface area contributed by atoms with Crippen LogP contribution in [0.25, 0.3) is 11.1 Å². The van der Waals surface area contributed by atoms with E-state index in [0.717, 1.165) is 4.47 Å². The highest BCUT2D eigenvalue weighted by Gasteiger charge is 2.12. The first-order valence-electron chi connectivity index (χ1n) is 6.16. The fraction of sp³-hybridized carbons (Fsp3) is 0.0667. The summed E-state index contributed by atoms with van der Waals surface area (Å²) in [6, 6.07) is 10.4. The maximum absolute atomic E-state index is 12.2. The molecule has 0 bridgehead atoms. The highest BCUT2D eigenvalue weighted by Crippen LogP contribution is 2.24. The molecule has 0 spiro atoms. The van der Waals surface area contributed by atoms with Gasteiger partial charge in [0, 0.05) is 17.1 Å². The van der Waals surface area contributed by atoms with Crippen molar-refractivity contribution in [1.29, 1.82) is 0 Å². The number of fused-ring (bicyclic) bond motifs is 1. The van der Waals surface area contributed by atoms with Gasteiger partial charge >= 0.3 is 0 Å². The van der Waals surface area contributed by atoms with E-state index in [9.17, 15) is 4.79 Å². The van der Waals surface area contributed by atoms with Crippen LogP contribution >= 0.6 is 27.5 Å². The number of anilines is 1. The van der Waals surface area contributed by atoms with Crippen molar-refractivity contribution in [2.45, 2.75) is 6.92 Å². The summed E-state index contributed by atoms with van der Waals surface area (Å²) in [5.41, 5.74) is 2.44. The van der Waals surface area contributed by atoms with E-state index in [4.69, 9.17) is 16.0 Å². The smallest absolute Gasteiger partial charge is 0.257 e. The number of carbonyl (C=O) groups is 1. The van der Waals surface area contributed by atoms with Crippen LogP contribution in [0.15, 0.2) is 45.3 Å². The second kappa shape index (κ2) is 5.50. The average Bonchev–Trinajstić information content (AvgIpc) is 2.77. The first kappa shape index (κ1) is 14.1. The van der Waals surface area contributed by atoms with Crippen LogP contribution in [-0.2, 0) is 0 Å². The van der Waals surface area contributed by atoms with Gasteiger partial charge in [-0.25, -0.2) is 4.98 Å². The van der Waals surface area contributed by atoms with Crippen molar-refractivity contribution >= 4 is 50.2 Å². The molecule has 2 aromatic carbocycles. The topological polar surface area (TPSA) is 55.1 Å². The van der Waals surface area contributed by atoms with Crippen molar-refractivity contribution in [3.8, 4) is 0 Å². The molecule has 1 heterocycles. The average molecular weight is 366 g/mol. The summed E-state index contributed by atoms with van der Waals surface area (Å²) in [4.78, 5) is 16.5. The summed E-state index contributed by atoms with van der Waals surface area (Å²) in [6.07, 6.45) is 0. The van der Waals surface area contributed by atoms with E-state index >= 15 is 0 Å². The summed E-state index contributed by atoms with van der Waals surface area (Å²) in [5, 5.41) is 3.19. The van der Waals surface area contributed by atoms with Gasteiger partial charge in [0.25, 0.3) is 5.91 Å². The Bertz CT molecular complexity index is 845. The van der Waals surface area contributed by atoms with Gasteiger partial charge < -0.3 is 9.73 Å². The minimum absolute atomic E-state index is 0.271. The number of oxazole rings is 1. The Morgan fingerprint density at radius 1 is 1.29 bits per heavy atom. The van der Waals surface area contributed by atoms with Gasteiger partial charge in [-0.1, -0.05) is 27.5 Å². The van der Waals surface area contributed by atoms with E-state index in [2.05, 4.69) is 26.2 Å². The number of aromatic nitrogens is 1. The van der Waals surface area contributed by atoms with Crippen molar-refractivity contribution in [3.63, 3.8) is 0 Å². The molecule has 3 rings (SSSR count). The van der Waals surface area contributed by atoms with Gasteiger partial charge in [-0.2, -0.15) is 0 Å². The minimum Gasteiger partial charge on any atom is -0.441 e. The molecule has 3 aromatic rings. The van der Waals surface area contributed by atoms with E-state index in [0.29, 0.717) is 33.3 Å². The van der Waals surface area contributed by atoms with E-state index in [1.165, 1.54) is 0 Å². The van der Waals surface area contributed by atoms with Crippen LogP contribution in [0.1, 0.15) is 16.2 Å². The van der Waals surface area contributed by atoms with Crippen molar-refractivity contribution in [2.24, 2.45) is 0 Å². The van der Waals surface area contributed by atoms with Crippen LogP contribution in [0, 0.1) is 6.92 Å². The number of halogens is 2. The van der Waals surface area contributed by atoms with Gasteiger partial charge in [-0.3, -0.25) is 4.79 Å². The van der Waals surface area contributed by atoms with Gasteiger partial charge in [0.05, 0.1) is 10.6 Å². The van der Waals surface area contributed by atoms with Crippen LogP contribution in [-0.4, -0.2) is 10.9 Å². The molecular formula is C15H10BrClN2O2. The molecule has 0 aliphatic rings. The van der Waals surface area contributed by atoms with Crippen molar-refractivity contribution in [2.75, 3.05) is 5.32 Å². The zero-order valence-electron chi connectivity index (χ0n) is 11.0. The molecule has 0 atom stereocenters. The monoisotopic (exact) mass is 364 g/mol. The van der Waals surface area contributed by atoms with E-state index in [-0.39, 0.29) is 5.91 Å². The molecule has 1 aromatic heterocycles. The highest BCUT2D eigenvalue weighted by molar-refractivity contribution is 9.10. The van der Waals surface area contributed by atoms with Crippen LogP contribution < -0.4 is 5.32 Å². The molecule has 0 saturated heterocycles. The lowest BCUT2D eigenvalue weighted by molar-refractivity contribution is 0.102. The lowest BCUT2D eigenvalue weighted by atomic mass is 10.2. The lowest BCUT2D eigenvalue weighted by Crippen LogP contribution is -2.12. The third kappa shape index (κ3) is 2.94. The largest absolute Gasteiger partial charge is 0.441 e.